The zero-order chi connectivity index (χ0) is 19.5. The van der Waals surface area contributed by atoms with E-state index in [1.54, 1.807) is 12.1 Å². The van der Waals surface area contributed by atoms with Crippen LogP contribution in [0.5, 0.6) is 0 Å². The van der Waals surface area contributed by atoms with Crippen molar-refractivity contribution in [1.29, 1.82) is 0 Å². The van der Waals surface area contributed by atoms with Gasteiger partial charge in [-0.1, -0.05) is 29.8 Å². The van der Waals surface area contributed by atoms with Crippen LogP contribution in [0.15, 0.2) is 60.2 Å². The molecular formula is C22H24N4OS. The fraction of sp³-hybridized carbons (Fsp3) is 0.273. The number of nitrogens with zero attached hydrogens (tertiary/aromatic N) is 1. The summed E-state index contributed by atoms with van der Waals surface area (Å²) < 4.78 is 0. The van der Waals surface area contributed by atoms with Crippen LogP contribution in [0.1, 0.15) is 28.3 Å². The summed E-state index contributed by atoms with van der Waals surface area (Å²) in [7, 11) is 2.15. The summed E-state index contributed by atoms with van der Waals surface area (Å²) >= 11 is 5.33. The average Bonchev–Trinajstić information content (AvgIpc) is 3.12. The van der Waals surface area contributed by atoms with Gasteiger partial charge in [0.1, 0.15) is 0 Å². The zero-order valence-corrected chi connectivity index (χ0v) is 16.7. The van der Waals surface area contributed by atoms with Gasteiger partial charge in [0.05, 0.1) is 0 Å². The van der Waals surface area contributed by atoms with E-state index in [1.165, 1.54) is 16.8 Å². The van der Waals surface area contributed by atoms with E-state index in [4.69, 9.17) is 12.2 Å². The van der Waals surface area contributed by atoms with Crippen LogP contribution in [0.2, 0.25) is 0 Å². The highest BCUT2D eigenvalue weighted by Gasteiger charge is 2.27. The van der Waals surface area contributed by atoms with Gasteiger partial charge < -0.3 is 15.5 Å². The number of anilines is 2. The quantitative estimate of drug-likeness (QED) is 0.551. The minimum atomic E-state index is -0.213. The first-order valence-corrected chi connectivity index (χ1v) is 9.93. The summed E-state index contributed by atoms with van der Waals surface area (Å²) in [6, 6.07) is 15.3. The maximum absolute atomic E-state index is 12.3. The maximum Gasteiger partial charge on any atom is 0.257 e. The Morgan fingerprint density at radius 2 is 2.04 bits per heavy atom. The third kappa shape index (κ3) is 4.08. The number of hydrogen-bond acceptors (Lipinski definition) is 4. The fourth-order valence-corrected chi connectivity index (χ4v) is 3.98. The molecule has 2 aromatic rings. The highest BCUT2D eigenvalue weighted by atomic mass is 32.1. The van der Waals surface area contributed by atoms with Crippen molar-refractivity contribution in [3.05, 3.63) is 71.3 Å². The number of thiocarbonyl (C=S) groups is 1. The first-order chi connectivity index (χ1) is 13.6. The van der Waals surface area contributed by atoms with Gasteiger partial charge in [-0.05, 0) is 61.6 Å². The summed E-state index contributed by atoms with van der Waals surface area (Å²) in [6.07, 6.45) is 3.46. The standard InChI is InChI=1S/C22H24N4OS/c1-26-11-9-15(10-12-26)19-14-23-20-8-7-17(13-18(19)20)24-22(28)25-21(27)16-5-3-2-4-6-16/h2-9,13,19,23H,10-12,14H2,1H3,(H2,24,25,27,28). The van der Waals surface area contributed by atoms with Crippen molar-refractivity contribution in [3.63, 3.8) is 0 Å². The molecule has 2 heterocycles. The Morgan fingerprint density at radius 1 is 1.21 bits per heavy atom. The zero-order valence-electron chi connectivity index (χ0n) is 15.9. The van der Waals surface area contributed by atoms with Crippen molar-refractivity contribution in [1.82, 2.24) is 10.2 Å². The number of fused-ring (bicyclic) bond motifs is 1. The van der Waals surface area contributed by atoms with E-state index in [9.17, 15) is 4.79 Å². The predicted molar refractivity (Wildman–Crippen MR) is 118 cm³/mol. The van der Waals surface area contributed by atoms with Crippen molar-refractivity contribution in [2.24, 2.45) is 0 Å². The Labute approximate surface area is 170 Å². The van der Waals surface area contributed by atoms with Gasteiger partial charge in [0.2, 0.25) is 0 Å². The molecular weight excluding hydrogens is 368 g/mol. The molecule has 0 bridgehead atoms. The monoisotopic (exact) mass is 392 g/mol. The molecule has 5 nitrogen and oxygen atoms in total. The van der Waals surface area contributed by atoms with Crippen LogP contribution in [-0.4, -0.2) is 42.6 Å². The molecule has 2 aliphatic rings. The molecule has 1 atom stereocenters. The minimum Gasteiger partial charge on any atom is -0.384 e. The molecule has 0 aromatic heterocycles. The predicted octanol–water partition coefficient (Wildman–Crippen LogP) is 3.58. The molecule has 2 aliphatic heterocycles. The Balaban J connectivity index is 1.45. The lowest BCUT2D eigenvalue weighted by atomic mass is 9.89. The van der Waals surface area contributed by atoms with E-state index in [2.05, 4.69) is 46.1 Å². The number of nitrogens with one attached hydrogen (secondary N) is 3. The molecule has 4 rings (SSSR count). The number of carbonyl (C=O) groups is 1. The number of likely N-dealkylation sites (N-methyl/N-ethyl adjacent to an activating group) is 1. The van der Waals surface area contributed by atoms with Crippen molar-refractivity contribution in [2.75, 3.05) is 37.3 Å². The van der Waals surface area contributed by atoms with Gasteiger partial charge in [-0.15, -0.1) is 0 Å². The van der Waals surface area contributed by atoms with E-state index in [-0.39, 0.29) is 5.91 Å². The van der Waals surface area contributed by atoms with Crippen molar-refractivity contribution >= 4 is 34.6 Å². The van der Waals surface area contributed by atoms with Crippen molar-refractivity contribution in [2.45, 2.75) is 12.3 Å². The van der Waals surface area contributed by atoms with Crippen LogP contribution in [0.3, 0.4) is 0 Å². The van der Waals surface area contributed by atoms with Gasteiger partial charge in [-0.3, -0.25) is 10.1 Å². The summed E-state index contributed by atoms with van der Waals surface area (Å²) in [5.41, 5.74) is 5.44. The molecule has 28 heavy (non-hydrogen) atoms. The minimum absolute atomic E-state index is 0.213. The second-order valence-corrected chi connectivity index (χ2v) is 7.71. The molecule has 0 radical (unpaired) electrons. The van der Waals surface area contributed by atoms with Crippen LogP contribution in [0.25, 0.3) is 0 Å². The molecule has 144 valence electrons. The smallest absolute Gasteiger partial charge is 0.257 e. The molecule has 0 aliphatic carbocycles. The third-order valence-corrected chi connectivity index (χ3v) is 5.54. The second kappa shape index (κ2) is 8.12. The highest BCUT2D eigenvalue weighted by Crippen LogP contribution is 2.39. The molecule has 1 amide bonds. The van der Waals surface area contributed by atoms with Gasteiger partial charge in [0.15, 0.2) is 5.11 Å². The van der Waals surface area contributed by atoms with Gasteiger partial charge in [-0.25, -0.2) is 0 Å². The Bertz CT molecular complexity index is 925. The van der Waals surface area contributed by atoms with Gasteiger partial charge >= 0.3 is 0 Å². The van der Waals surface area contributed by atoms with Crippen LogP contribution in [-0.2, 0) is 0 Å². The van der Waals surface area contributed by atoms with Gasteiger partial charge in [-0.2, -0.15) is 0 Å². The van der Waals surface area contributed by atoms with E-state index in [0.717, 1.165) is 31.7 Å². The van der Waals surface area contributed by atoms with Crippen LogP contribution in [0, 0.1) is 0 Å². The largest absolute Gasteiger partial charge is 0.384 e. The lowest BCUT2D eigenvalue weighted by molar-refractivity contribution is 0.0977. The van der Waals surface area contributed by atoms with Crippen molar-refractivity contribution < 1.29 is 4.79 Å². The topological polar surface area (TPSA) is 56.4 Å². The summed E-state index contributed by atoms with van der Waals surface area (Å²) in [5.74, 6) is 0.188. The molecule has 0 saturated heterocycles. The maximum atomic E-state index is 12.3. The van der Waals surface area contributed by atoms with Crippen LogP contribution >= 0.6 is 12.2 Å². The van der Waals surface area contributed by atoms with Crippen LogP contribution in [0.4, 0.5) is 11.4 Å². The number of carbonyl (C=O) groups excluding carboxylic acids is 1. The number of rotatable bonds is 3. The SMILES string of the molecule is CN1CC=C(C2CNc3ccc(NC(=S)NC(=O)c4ccccc4)cc32)CC1. The molecule has 6 heteroatoms. The molecule has 0 saturated carbocycles. The summed E-state index contributed by atoms with van der Waals surface area (Å²) in [6.45, 7) is 3.05. The molecule has 0 fully saturated rings. The van der Waals surface area contributed by atoms with Crippen molar-refractivity contribution in [3.8, 4) is 0 Å². The van der Waals surface area contributed by atoms with E-state index < -0.39 is 0 Å². The first-order valence-electron chi connectivity index (χ1n) is 9.53. The lowest BCUT2D eigenvalue weighted by Crippen LogP contribution is -2.34. The molecule has 1 unspecified atom stereocenters. The molecule has 0 spiro atoms. The Kier molecular flexibility index (Phi) is 5.41. The number of amides is 1. The normalized spacial score (nSPS) is 18.6. The molecule has 3 N–H and O–H groups in total. The number of hydrogen-bond donors (Lipinski definition) is 3. The Hall–Kier alpha value is -2.70. The van der Waals surface area contributed by atoms with Gasteiger partial charge in [0.25, 0.3) is 5.91 Å². The second-order valence-electron chi connectivity index (χ2n) is 7.30. The average molecular weight is 393 g/mol. The Morgan fingerprint density at radius 3 is 2.79 bits per heavy atom. The first kappa shape index (κ1) is 18.7. The third-order valence-electron chi connectivity index (χ3n) is 5.34. The van der Waals surface area contributed by atoms with E-state index in [1.807, 2.05) is 24.3 Å². The van der Waals surface area contributed by atoms with E-state index in [0.29, 0.717) is 16.6 Å². The van der Waals surface area contributed by atoms with Crippen LogP contribution < -0.4 is 16.0 Å². The van der Waals surface area contributed by atoms with E-state index >= 15 is 0 Å². The lowest BCUT2D eigenvalue weighted by Gasteiger charge is -2.25. The molecule has 2 aromatic carbocycles. The summed E-state index contributed by atoms with van der Waals surface area (Å²) in [4.78, 5) is 14.6. The summed E-state index contributed by atoms with van der Waals surface area (Å²) in [5, 5.41) is 9.70. The van der Waals surface area contributed by atoms with Gasteiger partial charge in [0, 0.05) is 42.5 Å². The highest BCUT2D eigenvalue weighted by molar-refractivity contribution is 7.80. The fourth-order valence-electron chi connectivity index (χ4n) is 3.77. The number of benzene rings is 2.